The van der Waals surface area contributed by atoms with Gasteiger partial charge in [-0.25, -0.2) is 0 Å². The second-order valence-corrected chi connectivity index (χ2v) is 4.56. The van der Waals surface area contributed by atoms with Gasteiger partial charge < -0.3 is 10.5 Å². The van der Waals surface area contributed by atoms with Gasteiger partial charge in [0.2, 0.25) is 0 Å². The zero-order valence-electron chi connectivity index (χ0n) is 11.4. The molecule has 0 saturated heterocycles. The van der Waals surface area contributed by atoms with Gasteiger partial charge in [0, 0.05) is 19.0 Å². The maximum atomic E-state index is 7.40. The number of methoxy groups -OCH3 is 1. The number of amidine groups is 1. The van der Waals surface area contributed by atoms with E-state index in [4.69, 9.17) is 15.9 Å². The second kappa shape index (κ2) is 7.01. The molecule has 0 aliphatic heterocycles. The molecule has 0 aliphatic carbocycles. The van der Waals surface area contributed by atoms with Crippen LogP contribution in [0.4, 0.5) is 0 Å². The van der Waals surface area contributed by atoms with Gasteiger partial charge in [0.05, 0.1) is 12.9 Å². The van der Waals surface area contributed by atoms with E-state index < -0.39 is 0 Å². The Kier molecular flexibility index (Phi) is 5.65. The van der Waals surface area contributed by atoms with Crippen molar-refractivity contribution in [3.63, 3.8) is 0 Å². The highest BCUT2D eigenvalue weighted by atomic mass is 16.5. The Morgan fingerprint density at radius 2 is 2.22 bits per heavy atom. The summed E-state index contributed by atoms with van der Waals surface area (Å²) in [5, 5.41) is 7.40. The van der Waals surface area contributed by atoms with E-state index in [2.05, 4.69) is 24.9 Å². The number of benzene rings is 1. The van der Waals surface area contributed by atoms with E-state index in [0.29, 0.717) is 12.5 Å². The fourth-order valence-corrected chi connectivity index (χ4v) is 2.05. The summed E-state index contributed by atoms with van der Waals surface area (Å²) in [6.07, 6.45) is 1.61. The molecule has 0 spiro atoms. The minimum absolute atomic E-state index is 0.249. The molecule has 3 N–H and O–H groups in total. The van der Waals surface area contributed by atoms with Crippen LogP contribution in [0.5, 0.6) is 5.75 Å². The average Bonchev–Trinajstić information content (AvgIpc) is 2.35. The summed E-state index contributed by atoms with van der Waals surface area (Å²) < 4.78 is 5.22. The van der Waals surface area contributed by atoms with Crippen LogP contribution in [0.25, 0.3) is 0 Å². The number of ether oxygens (including phenoxy) is 1. The molecule has 0 aromatic heterocycles. The molecule has 0 heterocycles. The first-order chi connectivity index (χ1) is 8.56. The van der Waals surface area contributed by atoms with Crippen molar-refractivity contribution in [3.05, 3.63) is 29.8 Å². The molecule has 0 amide bonds. The highest BCUT2D eigenvalue weighted by Gasteiger charge is 2.14. The van der Waals surface area contributed by atoms with Gasteiger partial charge in [0.25, 0.3) is 0 Å². The molecule has 1 aromatic rings. The lowest BCUT2D eigenvalue weighted by Gasteiger charge is -2.26. The van der Waals surface area contributed by atoms with Crippen molar-refractivity contribution in [2.45, 2.75) is 32.4 Å². The predicted octanol–water partition coefficient (Wildman–Crippen LogP) is 2.23. The number of rotatable bonds is 7. The number of nitrogens with one attached hydrogen (secondary N) is 1. The SMILES string of the molecule is CCC(CC(=N)N)N(C)Cc1cccc(OC)c1. The van der Waals surface area contributed by atoms with Crippen LogP contribution in [0, 0.1) is 5.41 Å². The van der Waals surface area contributed by atoms with Crippen LogP contribution in [-0.2, 0) is 6.54 Å². The minimum atomic E-state index is 0.249. The molecule has 18 heavy (non-hydrogen) atoms. The van der Waals surface area contributed by atoms with Crippen LogP contribution in [0.15, 0.2) is 24.3 Å². The Balaban J connectivity index is 2.66. The van der Waals surface area contributed by atoms with Crippen LogP contribution in [-0.4, -0.2) is 30.9 Å². The van der Waals surface area contributed by atoms with Gasteiger partial charge in [-0.05, 0) is 31.2 Å². The van der Waals surface area contributed by atoms with E-state index in [1.54, 1.807) is 7.11 Å². The number of hydrogen-bond donors (Lipinski definition) is 2. The first-order valence-electron chi connectivity index (χ1n) is 6.22. The second-order valence-electron chi connectivity index (χ2n) is 4.56. The summed E-state index contributed by atoms with van der Waals surface area (Å²) >= 11 is 0. The zero-order valence-corrected chi connectivity index (χ0v) is 11.4. The van der Waals surface area contributed by atoms with Crippen LogP contribution in [0.3, 0.4) is 0 Å². The van der Waals surface area contributed by atoms with Gasteiger partial charge in [0.1, 0.15) is 5.75 Å². The lowest BCUT2D eigenvalue weighted by molar-refractivity contribution is 0.232. The molecule has 0 bridgehead atoms. The van der Waals surface area contributed by atoms with E-state index in [-0.39, 0.29) is 5.84 Å². The number of nitrogens with two attached hydrogens (primary N) is 1. The largest absolute Gasteiger partial charge is 0.497 e. The van der Waals surface area contributed by atoms with Gasteiger partial charge in [0.15, 0.2) is 0 Å². The predicted molar refractivity (Wildman–Crippen MR) is 75.1 cm³/mol. The van der Waals surface area contributed by atoms with E-state index >= 15 is 0 Å². The topological polar surface area (TPSA) is 62.3 Å². The molecular formula is C14H23N3O. The standard InChI is InChI=1S/C14H23N3O/c1-4-12(9-14(15)16)17(2)10-11-6-5-7-13(8-11)18-3/h5-8,12H,4,9-10H2,1-3H3,(H3,15,16). The maximum absolute atomic E-state index is 7.40. The van der Waals surface area contributed by atoms with Crippen molar-refractivity contribution in [1.29, 1.82) is 5.41 Å². The van der Waals surface area contributed by atoms with Gasteiger partial charge in [-0.1, -0.05) is 19.1 Å². The Labute approximate surface area is 109 Å². The van der Waals surface area contributed by atoms with Crippen molar-refractivity contribution in [2.24, 2.45) is 5.73 Å². The molecule has 0 saturated carbocycles. The van der Waals surface area contributed by atoms with Crippen LogP contribution >= 0.6 is 0 Å². The quantitative estimate of drug-likeness (QED) is 0.575. The first-order valence-corrected chi connectivity index (χ1v) is 6.22. The summed E-state index contributed by atoms with van der Waals surface area (Å²) in [6, 6.07) is 8.37. The van der Waals surface area contributed by atoms with Crippen LogP contribution < -0.4 is 10.5 Å². The highest BCUT2D eigenvalue weighted by Crippen LogP contribution is 2.16. The van der Waals surface area contributed by atoms with Crippen molar-refractivity contribution in [2.75, 3.05) is 14.2 Å². The summed E-state index contributed by atoms with van der Waals surface area (Å²) in [7, 11) is 3.74. The normalized spacial score (nSPS) is 12.4. The maximum Gasteiger partial charge on any atom is 0.119 e. The third-order valence-electron chi connectivity index (χ3n) is 3.12. The Hall–Kier alpha value is -1.55. The first kappa shape index (κ1) is 14.5. The molecule has 100 valence electrons. The molecule has 0 fully saturated rings. The number of hydrogen-bond acceptors (Lipinski definition) is 3. The smallest absolute Gasteiger partial charge is 0.119 e. The highest BCUT2D eigenvalue weighted by molar-refractivity contribution is 5.77. The van der Waals surface area contributed by atoms with Crippen molar-refractivity contribution < 1.29 is 4.74 Å². The van der Waals surface area contributed by atoms with Crippen molar-refractivity contribution >= 4 is 5.84 Å². The van der Waals surface area contributed by atoms with Gasteiger partial charge in [-0.15, -0.1) is 0 Å². The van der Waals surface area contributed by atoms with Gasteiger partial charge in [-0.2, -0.15) is 0 Å². The summed E-state index contributed by atoms with van der Waals surface area (Å²) in [5.74, 6) is 1.12. The molecule has 4 heteroatoms. The minimum Gasteiger partial charge on any atom is -0.497 e. The molecule has 1 atom stereocenters. The Bertz CT molecular complexity index is 392. The van der Waals surface area contributed by atoms with Crippen molar-refractivity contribution in [1.82, 2.24) is 4.90 Å². The molecule has 1 rings (SSSR count). The molecule has 0 aliphatic rings. The molecule has 4 nitrogen and oxygen atoms in total. The van der Waals surface area contributed by atoms with E-state index in [0.717, 1.165) is 18.7 Å². The summed E-state index contributed by atoms with van der Waals surface area (Å²) in [4.78, 5) is 2.23. The third-order valence-corrected chi connectivity index (χ3v) is 3.12. The van der Waals surface area contributed by atoms with Gasteiger partial charge in [-0.3, -0.25) is 10.3 Å². The lowest BCUT2D eigenvalue weighted by atomic mass is 10.1. The van der Waals surface area contributed by atoms with Crippen LogP contribution in [0.2, 0.25) is 0 Å². The Morgan fingerprint density at radius 1 is 1.50 bits per heavy atom. The van der Waals surface area contributed by atoms with Gasteiger partial charge >= 0.3 is 0 Å². The van der Waals surface area contributed by atoms with Crippen molar-refractivity contribution in [3.8, 4) is 5.75 Å². The van der Waals surface area contributed by atoms with E-state index in [1.165, 1.54) is 5.56 Å². The average molecular weight is 249 g/mol. The van der Waals surface area contributed by atoms with E-state index in [1.807, 2.05) is 18.2 Å². The zero-order chi connectivity index (χ0) is 13.5. The molecule has 0 radical (unpaired) electrons. The summed E-state index contributed by atoms with van der Waals surface area (Å²) in [5.41, 5.74) is 6.69. The molecule has 1 unspecified atom stereocenters. The third kappa shape index (κ3) is 4.37. The van der Waals surface area contributed by atoms with E-state index in [9.17, 15) is 0 Å². The van der Waals surface area contributed by atoms with Crippen LogP contribution in [0.1, 0.15) is 25.3 Å². The fourth-order valence-electron chi connectivity index (χ4n) is 2.05. The summed E-state index contributed by atoms with van der Waals surface area (Å²) in [6.45, 7) is 2.96. The fraction of sp³-hybridized carbons (Fsp3) is 0.500. The molecule has 1 aromatic carbocycles. The Morgan fingerprint density at radius 3 is 2.78 bits per heavy atom. The number of nitrogens with zero attached hydrogens (tertiary/aromatic N) is 1. The lowest BCUT2D eigenvalue weighted by Crippen LogP contribution is -2.34. The monoisotopic (exact) mass is 249 g/mol. The molecular weight excluding hydrogens is 226 g/mol.